The third-order valence-corrected chi connectivity index (χ3v) is 3.79. The Kier molecular flexibility index (Phi) is 4.44. The lowest BCUT2D eigenvalue weighted by atomic mass is 10.0. The van der Waals surface area contributed by atoms with Gasteiger partial charge in [0.15, 0.2) is 5.84 Å². The summed E-state index contributed by atoms with van der Waals surface area (Å²) in [6, 6.07) is 1.99. The number of oxime groups is 1. The Bertz CT molecular complexity index is 508. The summed E-state index contributed by atoms with van der Waals surface area (Å²) in [7, 11) is 1.75. The molecule has 6 heteroatoms. The lowest BCUT2D eigenvalue weighted by Gasteiger charge is -2.34. The molecule has 0 spiro atoms. The van der Waals surface area contributed by atoms with Crippen molar-refractivity contribution in [1.29, 1.82) is 0 Å². The van der Waals surface area contributed by atoms with Crippen LogP contribution >= 0.6 is 0 Å². The number of rotatable bonds is 3. The predicted octanol–water partition coefficient (Wildman–Crippen LogP) is 1.41. The second kappa shape index (κ2) is 6.09. The molecule has 1 aromatic rings. The van der Waals surface area contributed by atoms with Crippen LogP contribution in [0.15, 0.2) is 11.2 Å². The van der Waals surface area contributed by atoms with Crippen LogP contribution in [0.3, 0.4) is 0 Å². The van der Waals surface area contributed by atoms with E-state index >= 15 is 0 Å². The maximum Gasteiger partial charge on any atom is 0.174 e. The molecule has 0 aromatic carbocycles. The monoisotopic (exact) mass is 278 g/mol. The van der Waals surface area contributed by atoms with Crippen LogP contribution in [0, 0.1) is 13.8 Å². The summed E-state index contributed by atoms with van der Waals surface area (Å²) in [6.45, 7) is 5.63. The van der Waals surface area contributed by atoms with Gasteiger partial charge in [-0.05, 0) is 32.8 Å². The molecule has 20 heavy (non-hydrogen) atoms. The first-order chi connectivity index (χ1) is 9.56. The molecule has 110 valence electrons. The van der Waals surface area contributed by atoms with Gasteiger partial charge in [-0.15, -0.1) is 0 Å². The standard InChI is InChI=1S/C14H22N4O2/c1-9-8-12(13(10(2)16-9)14(15)17-19)18-6-4-11(20-3)5-7-18/h8,11,19H,4-7H2,1-3H3,(H2,15,17). The van der Waals surface area contributed by atoms with E-state index in [2.05, 4.69) is 15.0 Å². The molecule has 1 aromatic heterocycles. The van der Waals surface area contributed by atoms with E-state index in [1.54, 1.807) is 7.11 Å². The summed E-state index contributed by atoms with van der Waals surface area (Å²) in [5.41, 5.74) is 9.23. The molecule has 1 aliphatic rings. The fourth-order valence-electron chi connectivity index (χ4n) is 2.76. The van der Waals surface area contributed by atoms with Crippen LogP contribution in [0.4, 0.5) is 5.69 Å². The van der Waals surface area contributed by atoms with Gasteiger partial charge in [0.25, 0.3) is 0 Å². The van der Waals surface area contributed by atoms with Gasteiger partial charge in [0, 0.05) is 25.9 Å². The van der Waals surface area contributed by atoms with Crippen molar-refractivity contribution < 1.29 is 9.94 Å². The quantitative estimate of drug-likeness (QED) is 0.378. The van der Waals surface area contributed by atoms with E-state index in [1.165, 1.54) is 0 Å². The molecule has 2 rings (SSSR count). The molecular formula is C14H22N4O2. The number of aromatic nitrogens is 1. The van der Waals surface area contributed by atoms with E-state index in [9.17, 15) is 0 Å². The summed E-state index contributed by atoms with van der Waals surface area (Å²) in [6.07, 6.45) is 2.28. The van der Waals surface area contributed by atoms with Gasteiger partial charge in [-0.3, -0.25) is 4.98 Å². The van der Waals surface area contributed by atoms with Crippen LogP contribution in [0.5, 0.6) is 0 Å². The predicted molar refractivity (Wildman–Crippen MR) is 78.5 cm³/mol. The average Bonchev–Trinajstić information content (AvgIpc) is 2.46. The highest BCUT2D eigenvalue weighted by Crippen LogP contribution is 2.27. The number of ether oxygens (including phenoxy) is 1. The lowest BCUT2D eigenvalue weighted by Crippen LogP contribution is -2.38. The van der Waals surface area contributed by atoms with Gasteiger partial charge in [-0.25, -0.2) is 0 Å². The van der Waals surface area contributed by atoms with E-state index in [-0.39, 0.29) is 5.84 Å². The zero-order valence-electron chi connectivity index (χ0n) is 12.3. The van der Waals surface area contributed by atoms with E-state index in [0.717, 1.165) is 43.0 Å². The van der Waals surface area contributed by atoms with E-state index in [1.807, 2.05) is 19.9 Å². The molecule has 1 aliphatic heterocycles. The molecule has 0 radical (unpaired) electrons. The fraction of sp³-hybridized carbons (Fsp3) is 0.571. The van der Waals surface area contributed by atoms with Gasteiger partial charge in [-0.1, -0.05) is 5.16 Å². The van der Waals surface area contributed by atoms with Gasteiger partial charge < -0.3 is 20.6 Å². The lowest BCUT2D eigenvalue weighted by molar-refractivity contribution is 0.0819. The Morgan fingerprint density at radius 1 is 1.45 bits per heavy atom. The van der Waals surface area contributed by atoms with Crippen LogP contribution in [-0.2, 0) is 4.74 Å². The minimum atomic E-state index is 0.110. The van der Waals surface area contributed by atoms with E-state index in [0.29, 0.717) is 11.7 Å². The topological polar surface area (TPSA) is 84.0 Å². The minimum absolute atomic E-state index is 0.110. The van der Waals surface area contributed by atoms with Crippen molar-refractivity contribution >= 4 is 11.5 Å². The molecule has 0 atom stereocenters. The highest BCUT2D eigenvalue weighted by atomic mass is 16.5. The first-order valence-corrected chi connectivity index (χ1v) is 6.80. The van der Waals surface area contributed by atoms with Crippen LogP contribution in [0.1, 0.15) is 29.8 Å². The summed E-state index contributed by atoms with van der Waals surface area (Å²) in [4.78, 5) is 6.66. The second-order valence-electron chi connectivity index (χ2n) is 5.15. The number of amidine groups is 1. The van der Waals surface area contributed by atoms with Gasteiger partial charge in [0.05, 0.1) is 23.0 Å². The van der Waals surface area contributed by atoms with Gasteiger partial charge >= 0.3 is 0 Å². The maximum atomic E-state index is 8.98. The Hall–Kier alpha value is -1.82. The Balaban J connectivity index is 2.36. The van der Waals surface area contributed by atoms with Crippen LogP contribution in [0.25, 0.3) is 0 Å². The highest BCUT2D eigenvalue weighted by molar-refractivity contribution is 6.03. The number of hydrogen-bond acceptors (Lipinski definition) is 5. The molecule has 6 nitrogen and oxygen atoms in total. The first kappa shape index (κ1) is 14.6. The molecule has 0 bridgehead atoms. The van der Waals surface area contributed by atoms with Crippen molar-refractivity contribution in [3.05, 3.63) is 23.0 Å². The molecule has 2 heterocycles. The van der Waals surface area contributed by atoms with Crippen molar-refractivity contribution in [2.45, 2.75) is 32.8 Å². The molecule has 0 saturated carbocycles. The second-order valence-corrected chi connectivity index (χ2v) is 5.15. The Morgan fingerprint density at radius 2 is 2.10 bits per heavy atom. The summed E-state index contributed by atoms with van der Waals surface area (Å²) < 4.78 is 5.39. The third kappa shape index (κ3) is 2.85. The van der Waals surface area contributed by atoms with Crippen molar-refractivity contribution in [1.82, 2.24) is 4.98 Å². The fourth-order valence-corrected chi connectivity index (χ4v) is 2.76. The first-order valence-electron chi connectivity index (χ1n) is 6.80. The van der Waals surface area contributed by atoms with Crippen molar-refractivity contribution in [3.8, 4) is 0 Å². The van der Waals surface area contributed by atoms with Gasteiger partial charge in [-0.2, -0.15) is 0 Å². The number of hydrogen-bond donors (Lipinski definition) is 2. The summed E-state index contributed by atoms with van der Waals surface area (Å²) >= 11 is 0. The van der Waals surface area contributed by atoms with Gasteiger partial charge in [0.2, 0.25) is 0 Å². The number of piperidine rings is 1. The van der Waals surface area contributed by atoms with Crippen molar-refractivity contribution in [2.75, 3.05) is 25.1 Å². The number of nitrogens with zero attached hydrogens (tertiary/aromatic N) is 3. The number of anilines is 1. The highest BCUT2D eigenvalue weighted by Gasteiger charge is 2.23. The smallest absolute Gasteiger partial charge is 0.174 e. The molecule has 0 unspecified atom stereocenters. The largest absolute Gasteiger partial charge is 0.409 e. The van der Waals surface area contributed by atoms with Crippen LogP contribution < -0.4 is 10.6 Å². The van der Waals surface area contributed by atoms with Crippen molar-refractivity contribution in [2.24, 2.45) is 10.9 Å². The normalized spacial score (nSPS) is 17.6. The van der Waals surface area contributed by atoms with E-state index < -0.39 is 0 Å². The average molecular weight is 278 g/mol. The van der Waals surface area contributed by atoms with Crippen molar-refractivity contribution in [3.63, 3.8) is 0 Å². The Morgan fingerprint density at radius 3 is 2.65 bits per heavy atom. The molecule has 3 N–H and O–H groups in total. The Labute approximate surface area is 119 Å². The molecule has 1 saturated heterocycles. The van der Waals surface area contributed by atoms with Gasteiger partial charge in [0.1, 0.15) is 0 Å². The minimum Gasteiger partial charge on any atom is -0.409 e. The number of nitrogens with two attached hydrogens (primary N) is 1. The zero-order valence-corrected chi connectivity index (χ0v) is 12.3. The number of methoxy groups -OCH3 is 1. The third-order valence-electron chi connectivity index (χ3n) is 3.79. The molecular weight excluding hydrogens is 256 g/mol. The zero-order chi connectivity index (χ0) is 14.7. The number of aryl methyl sites for hydroxylation is 2. The molecule has 1 fully saturated rings. The summed E-state index contributed by atoms with van der Waals surface area (Å²) in [5.74, 6) is 0.110. The van der Waals surface area contributed by atoms with Crippen LogP contribution in [0.2, 0.25) is 0 Å². The maximum absolute atomic E-state index is 8.98. The molecule has 0 aliphatic carbocycles. The summed E-state index contributed by atoms with van der Waals surface area (Å²) in [5, 5.41) is 12.1. The van der Waals surface area contributed by atoms with Crippen LogP contribution in [-0.4, -0.2) is 42.3 Å². The number of pyridine rings is 1. The SMILES string of the molecule is COC1CCN(c2cc(C)nc(C)c2/C(N)=N/O)CC1. The van der Waals surface area contributed by atoms with E-state index in [4.69, 9.17) is 15.7 Å². The molecule has 0 amide bonds.